The van der Waals surface area contributed by atoms with Crippen molar-refractivity contribution in [3.05, 3.63) is 34.9 Å². The number of piperidine rings is 1. The number of ether oxygens (including phenoxy) is 1. The molecule has 1 heterocycles. The number of likely N-dealkylation sites (tertiary alicyclic amines) is 1. The Morgan fingerprint density at radius 3 is 2.80 bits per heavy atom. The number of esters is 1. The van der Waals surface area contributed by atoms with Crippen molar-refractivity contribution in [3.8, 4) is 0 Å². The van der Waals surface area contributed by atoms with E-state index in [-0.39, 0.29) is 17.6 Å². The summed E-state index contributed by atoms with van der Waals surface area (Å²) in [6.45, 7) is 0.752. The summed E-state index contributed by atoms with van der Waals surface area (Å²) in [5.74, 6) is -0.356. The van der Waals surface area contributed by atoms with Gasteiger partial charge in [-0.25, -0.2) is 4.79 Å². The highest BCUT2D eigenvalue weighted by atomic mass is 35.5. The fourth-order valence-electron chi connectivity index (χ4n) is 2.43. The third kappa shape index (κ3) is 3.34. The molecule has 0 aliphatic carbocycles. The van der Waals surface area contributed by atoms with Crippen molar-refractivity contribution in [1.82, 2.24) is 4.90 Å². The van der Waals surface area contributed by atoms with Crippen LogP contribution in [-0.2, 0) is 14.3 Å². The number of benzene rings is 1. The topological polar surface area (TPSA) is 46.6 Å². The van der Waals surface area contributed by atoms with Gasteiger partial charge >= 0.3 is 5.97 Å². The van der Waals surface area contributed by atoms with Gasteiger partial charge in [0.1, 0.15) is 11.8 Å². The molecule has 1 aliphatic rings. The number of methoxy groups -OCH3 is 1. The van der Waals surface area contributed by atoms with Crippen LogP contribution in [0.3, 0.4) is 0 Å². The minimum atomic E-state index is -0.674. The molecule has 0 saturated carbocycles. The molecule has 1 fully saturated rings. The Balaban J connectivity index is 2.35. The Kier molecular flexibility index (Phi) is 5.07. The normalized spacial score (nSPS) is 21.6. The van der Waals surface area contributed by atoms with E-state index < -0.39 is 12.0 Å². The van der Waals surface area contributed by atoms with E-state index >= 15 is 0 Å². The molecule has 2 atom stereocenters. The first kappa shape index (κ1) is 15.4. The Morgan fingerprint density at radius 2 is 2.20 bits per heavy atom. The van der Waals surface area contributed by atoms with E-state index in [1.165, 1.54) is 7.11 Å². The van der Waals surface area contributed by atoms with Crippen LogP contribution >= 0.6 is 24.2 Å². The number of hydrogen-bond acceptors (Lipinski definition) is 5. The van der Waals surface area contributed by atoms with Crippen LogP contribution in [0.15, 0.2) is 24.3 Å². The zero-order valence-electron chi connectivity index (χ0n) is 11.1. The standard InChI is InChI=1S/C14H16ClNO3S/c1-19-14(18)13(11-4-2-3-5-12(11)15)16-7-9(17)6-10(20)8-16/h2-5,10,13,20H,6-8H2,1H3. The van der Waals surface area contributed by atoms with Gasteiger partial charge in [-0.2, -0.15) is 12.6 Å². The summed E-state index contributed by atoms with van der Waals surface area (Å²) in [5, 5.41) is 0.405. The van der Waals surface area contributed by atoms with Gasteiger partial charge in [0.15, 0.2) is 0 Å². The van der Waals surface area contributed by atoms with E-state index in [2.05, 4.69) is 12.6 Å². The molecule has 1 saturated heterocycles. The second-order valence-corrected chi connectivity index (χ2v) is 5.91. The Hall–Kier alpha value is -1.04. The van der Waals surface area contributed by atoms with Crippen LogP contribution in [-0.4, -0.2) is 42.1 Å². The predicted molar refractivity (Wildman–Crippen MR) is 80.2 cm³/mol. The zero-order chi connectivity index (χ0) is 14.7. The maximum absolute atomic E-state index is 12.1. The van der Waals surface area contributed by atoms with Crippen LogP contribution < -0.4 is 0 Å². The summed E-state index contributed by atoms with van der Waals surface area (Å²) in [6.07, 6.45) is 0.427. The van der Waals surface area contributed by atoms with E-state index in [1.807, 2.05) is 0 Å². The molecule has 0 N–H and O–H groups in total. The lowest BCUT2D eigenvalue weighted by atomic mass is 10.0. The second kappa shape index (κ2) is 6.61. The smallest absolute Gasteiger partial charge is 0.327 e. The number of carbonyl (C=O) groups excluding carboxylic acids is 2. The Bertz CT molecular complexity index is 523. The number of halogens is 1. The van der Waals surface area contributed by atoms with E-state index in [0.29, 0.717) is 23.6 Å². The van der Waals surface area contributed by atoms with Gasteiger partial charge in [-0.3, -0.25) is 9.69 Å². The Labute approximate surface area is 128 Å². The van der Waals surface area contributed by atoms with Gasteiger partial charge < -0.3 is 4.74 Å². The van der Waals surface area contributed by atoms with Crippen molar-refractivity contribution < 1.29 is 14.3 Å². The van der Waals surface area contributed by atoms with Crippen molar-refractivity contribution in [2.45, 2.75) is 17.7 Å². The molecule has 0 bridgehead atoms. The average molecular weight is 314 g/mol. The number of rotatable bonds is 3. The van der Waals surface area contributed by atoms with E-state index in [0.717, 1.165) is 0 Å². The molecule has 0 spiro atoms. The van der Waals surface area contributed by atoms with Crippen molar-refractivity contribution in [1.29, 1.82) is 0 Å². The van der Waals surface area contributed by atoms with E-state index in [9.17, 15) is 9.59 Å². The lowest BCUT2D eigenvalue weighted by molar-refractivity contribution is -0.148. The lowest BCUT2D eigenvalue weighted by Crippen LogP contribution is -2.46. The minimum absolute atomic E-state index is 0.0669. The molecular weight excluding hydrogens is 298 g/mol. The van der Waals surface area contributed by atoms with Gasteiger partial charge in [-0.05, 0) is 11.6 Å². The van der Waals surface area contributed by atoms with Gasteiger partial charge in [-0.1, -0.05) is 29.8 Å². The first-order chi connectivity index (χ1) is 9.52. The number of hydrogen-bond donors (Lipinski definition) is 1. The van der Waals surface area contributed by atoms with Crippen molar-refractivity contribution in [2.24, 2.45) is 0 Å². The molecular formula is C14H16ClNO3S. The zero-order valence-corrected chi connectivity index (χ0v) is 12.7. The highest BCUT2D eigenvalue weighted by Crippen LogP contribution is 2.30. The summed E-state index contributed by atoms with van der Waals surface area (Å²) in [4.78, 5) is 25.6. The molecule has 0 aromatic heterocycles. The highest BCUT2D eigenvalue weighted by molar-refractivity contribution is 7.81. The second-order valence-electron chi connectivity index (χ2n) is 4.77. The van der Waals surface area contributed by atoms with Crippen LogP contribution in [0.2, 0.25) is 5.02 Å². The molecule has 20 heavy (non-hydrogen) atoms. The molecule has 2 unspecified atom stereocenters. The molecule has 0 amide bonds. The monoisotopic (exact) mass is 313 g/mol. The fraction of sp³-hybridized carbons (Fsp3) is 0.429. The largest absolute Gasteiger partial charge is 0.468 e. The highest BCUT2D eigenvalue weighted by Gasteiger charge is 2.35. The summed E-state index contributed by atoms with van der Waals surface area (Å²) < 4.78 is 4.87. The number of carbonyl (C=O) groups is 2. The minimum Gasteiger partial charge on any atom is -0.468 e. The van der Waals surface area contributed by atoms with Gasteiger partial charge in [0.25, 0.3) is 0 Å². The third-order valence-corrected chi connectivity index (χ3v) is 3.97. The summed E-state index contributed by atoms with van der Waals surface area (Å²) in [6, 6.07) is 6.42. The van der Waals surface area contributed by atoms with Gasteiger partial charge in [0.2, 0.25) is 0 Å². The van der Waals surface area contributed by atoms with Gasteiger partial charge in [-0.15, -0.1) is 0 Å². The molecule has 6 heteroatoms. The number of ketones is 1. The van der Waals surface area contributed by atoms with Crippen molar-refractivity contribution in [2.75, 3.05) is 20.2 Å². The first-order valence-electron chi connectivity index (χ1n) is 6.29. The lowest BCUT2D eigenvalue weighted by Gasteiger charge is -2.35. The molecule has 1 aliphatic heterocycles. The van der Waals surface area contributed by atoms with E-state index in [1.54, 1.807) is 29.2 Å². The van der Waals surface area contributed by atoms with Crippen LogP contribution in [0.4, 0.5) is 0 Å². The number of nitrogens with zero attached hydrogens (tertiary/aromatic N) is 1. The molecule has 4 nitrogen and oxygen atoms in total. The molecule has 1 aromatic rings. The summed E-state index contributed by atoms with van der Waals surface area (Å²) >= 11 is 10.5. The van der Waals surface area contributed by atoms with Crippen LogP contribution in [0, 0.1) is 0 Å². The average Bonchev–Trinajstić information content (AvgIpc) is 2.40. The molecule has 108 valence electrons. The molecule has 2 rings (SSSR count). The fourth-order valence-corrected chi connectivity index (χ4v) is 3.08. The van der Waals surface area contributed by atoms with Crippen molar-refractivity contribution in [3.63, 3.8) is 0 Å². The van der Waals surface area contributed by atoms with Crippen LogP contribution in [0.5, 0.6) is 0 Å². The quantitative estimate of drug-likeness (QED) is 0.686. The molecule has 0 radical (unpaired) electrons. The third-order valence-electron chi connectivity index (χ3n) is 3.28. The van der Waals surface area contributed by atoms with E-state index in [4.69, 9.17) is 16.3 Å². The summed E-state index contributed by atoms with van der Waals surface area (Å²) in [7, 11) is 1.33. The Morgan fingerprint density at radius 1 is 1.50 bits per heavy atom. The SMILES string of the molecule is COC(=O)C(c1ccccc1Cl)N1CC(=O)CC(S)C1. The number of thiol groups is 1. The molecule has 1 aromatic carbocycles. The van der Waals surface area contributed by atoms with Gasteiger partial charge in [0, 0.05) is 23.2 Å². The van der Waals surface area contributed by atoms with Crippen LogP contribution in [0.1, 0.15) is 18.0 Å². The number of Topliss-reactive ketones (excluding diaryl/α,β-unsaturated/α-hetero) is 1. The van der Waals surface area contributed by atoms with Crippen molar-refractivity contribution >= 4 is 36.0 Å². The first-order valence-corrected chi connectivity index (χ1v) is 7.18. The van der Waals surface area contributed by atoms with Crippen LogP contribution in [0.25, 0.3) is 0 Å². The summed E-state index contributed by atoms with van der Waals surface area (Å²) in [5.41, 5.74) is 0.649. The maximum Gasteiger partial charge on any atom is 0.327 e. The predicted octanol–water partition coefficient (Wildman–Crippen LogP) is 2.13. The van der Waals surface area contributed by atoms with Gasteiger partial charge in [0.05, 0.1) is 13.7 Å². The maximum atomic E-state index is 12.1.